The summed E-state index contributed by atoms with van der Waals surface area (Å²) in [7, 11) is 0. The first-order chi connectivity index (χ1) is 13.1. The van der Waals surface area contributed by atoms with Gasteiger partial charge in [-0.25, -0.2) is 4.98 Å². The number of amides is 1. The summed E-state index contributed by atoms with van der Waals surface area (Å²) in [6, 6.07) is 11.5. The molecule has 3 aromatic heterocycles. The highest BCUT2D eigenvalue weighted by Crippen LogP contribution is 2.25. The lowest BCUT2D eigenvalue weighted by Crippen LogP contribution is -2.34. The fourth-order valence-corrected chi connectivity index (χ4v) is 4.00. The molecule has 1 amide bonds. The zero-order valence-electron chi connectivity index (χ0n) is 14.6. The molecule has 1 aromatic carbocycles. The fourth-order valence-electron chi connectivity index (χ4n) is 2.96. The summed E-state index contributed by atoms with van der Waals surface area (Å²) in [6.45, 7) is 1.99. The van der Waals surface area contributed by atoms with Crippen LogP contribution in [-0.4, -0.2) is 26.3 Å². The summed E-state index contributed by atoms with van der Waals surface area (Å²) in [6.07, 6.45) is 6.14. The second kappa shape index (κ2) is 7.50. The van der Waals surface area contributed by atoms with Crippen molar-refractivity contribution in [3.63, 3.8) is 0 Å². The Morgan fingerprint density at radius 1 is 1.30 bits per heavy atom. The molecule has 0 fully saturated rings. The average Bonchev–Trinajstić information content (AvgIpc) is 3.23. The van der Waals surface area contributed by atoms with Gasteiger partial charge in [0, 0.05) is 40.6 Å². The maximum Gasteiger partial charge on any atom is 0.269 e. The van der Waals surface area contributed by atoms with Crippen molar-refractivity contribution in [1.29, 1.82) is 0 Å². The van der Waals surface area contributed by atoms with E-state index < -0.39 is 0 Å². The Morgan fingerprint density at radius 3 is 2.89 bits per heavy atom. The lowest BCUT2D eigenvalue weighted by atomic mass is 10.1. The molecule has 7 heteroatoms. The third-order valence-electron chi connectivity index (χ3n) is 4.23. The number of nitrogens with zero attached hydrogens (tertiary/aromatic N) is 3. The number of pyridine rings is 1. The number of benzene rings is 1. The fraction of sp³-hybridized carbons (Fsp3) is 0.150. The summed E-state index contributed by atoms with van der Waals surface area (Å²) >= 11 is 7.52. The monoisotopic (exact) mass is 396 g/mol. The lowest BCUT2D eigenvalue weighted by Gasteiger charge is -2.13. The highest BCUT2D eigenvalue weighted by molar-refractivity contribution is 7.15. The minimum atomic E-state index is -0.113. The van der Waals surface area contributed by atoms with Gasteiger partial charge in [-0.3, -0.25) is 14.2 Å². The van der Waals surface area contributed by atoms with Crippen LogP contribution in [0.15, 0.2) is 60.4 Å². The van der Waals surface area contributed by atoms with E-state index >= 15 is 0 Å². The second-order valence-electron chi connectivity index (χ2n) is 6.34. The number of aromatic nitrogens is 3. The average molecular weight is 397 g/mol. The highest BCUT2D eigenvalue weighted by Gasteiger charge is 2.17. The van der Waals surface area contributed by atoms with Crippen molar-refractivity contribution in [3.8, 4) is 11.3 Å². The molecule has 0 saturated carbocycles. The number of carbonyl (C=O) groups is 1. The van der Waals surface area contributed by atoms with E-state index in [1.54, 1.807) is 12.4 Å². The maximum absolute atomic E-state index is 12.7. The number of carbonyl (C=O) groups excluding carboxylic acids is 1. The van der Waals surface area contributed by atoms with Gasteiger partial charge in [0.25, 0.3) is 5.91 Å². The molecule has 27 heavy (non-hydrogen) atoms. The van der Waals surface area contributed by atoms with Crippen LogP contribution in [0.4, 0.5) is 0 Å². The van der Waals surface area contributed by atoms with Gasteiger partial charge < -0.3 is 5.32 Å². The van der Waals surface area contributed by atoms with Gasteiger partial charge in [-0.1, -0.05) is 23.7 Å². The highest BCUT2D eigenvalue weighted by atomic mass is 35.5. The molecule has 0 bridgehead atoms. The van der Waals surface area contributed by atoms with Crippen LogP contribution >= 0.6 is 22.9 Å². The van der Waals surface area contributed by atoms with Gasteiger partial charge in [-0.2, -0.15) is 0 Å². The quantitative estimate of drug-likeness (QED) is 0.541. The molecule has 136 valence electrons. The van der Waals surface area contributed by atoms with Crippen molar-refractivity contribution in [2.24, 2.45) is 0 Å². The Bertz CT molecular complexity index is 1090. The van der Waals surface area contributed by atoms with Crippen LogP contribution in [0.25, 0.3) is 16.2 Å². The van der Waals surface area contributed by atoms with Gasteiger partial charge in [0.2, 0.25) is 0 Å². The number of halogens is 1. The zero-order valence-corrected chi connectivity index (χ0v) is 16.2. The standard InChI is InChI=1S/C20H17ClN4OS/c1-13(9-14-5-7-22-8-6-14)23-19(26)18-12-27-20-24-17(11-25(18)20)15-3-2-4-16(21)10-15/h2-8,10-13H,9H2,1H3,(H,23,26). The van der Waals surface area contributed by atoms with Gasteiger partial charge in [0.1, 0.15) is 5.69 Å². The Kier molecular flexibility index (Phi) is 4.92. The summed E-state index contributed by atoms with van der Waals surface area (Å²) in [4.78, 5) is 22.1. The van der Waals surface area contributed by atoms with Crippen LogP contribution in [0.3, 0.4) is 0 Å². The molecule has 4 rings (SSSR count). The normalized spacial score (nSPS) is 12.2. The van der Waals surface area contributed by atoms with Gasteiger partial charge in [-0.15, -0.1) is 11.3 Å². The molecule has 1 unspecified atom stereocenters. The number of nitrogens with one attached hydrogen (secondary N) is 1. The van der Waals surface area contributed by atoms with E-state index in [0.29, 0.717) is 10.7 Å². The van der Waals surface area contributed by atoms with E-state index in [2.05, 4.69) is 15.3 Å². The van der Waals surface area contributed by atoms with Crippen molar-refractivity contribution >= 4 is 33.8 Å². The third kappa shape index (κ3) is 3.86. The summed E-state index contributed by atoms with van der Waals surface area (Å²) < 4.78 is 1.83. The number of hydrogen-bond donors (Lipinski definition) is 1. The van der Waals surface area contributed by atoms with E-state index in [9.17, 15) is 4.79 Å². The van der Waals surface area contributed by atoms with Crippen LogP contribution in [0.2, 0.25) is 5.02 Å². The van der Waals surface area contributed by atoms with Crippen LogP contribution in [0.1, 0.15) is 23.0 Å². The third-order valence-corrected chi connectivity index (χ3v) is 5.31. The minimum absolute atomic E-state index is 0.00534. The molecule has 0 radical (unpaired) electrons. The maximum atomic E-state index is 12.7. The van der Waals surface area contributed by atoms with Crippen LogP contribution in [0, 0.1) is 0 Å². The summed E-state index contributed by atoms with van der Waals surface area (Å²) in [5.74, 6) is -0.113. The van der Waals surface area contributed by atoms with Crippen molar-refractivity contribution in [2.75, 3.05) is 0 Å². The van der Waals surface area contributed by atoms with Crippen molar-refractivity contribution in [3.05, 3.63) is 76.6 Å². The van der Waals surface area contributed by atoms with Gasteiger partial charge >= 0.3 is 0 Å². The Morgan fingerprint density at radius 2 is 2.11 bits per heavy atom. The van der Waals surface area contributed by atoms with Crippen molar-refractivity contribution in [1.82, 2.24) is 19.7 Å². The molecule has 0 spiro atoms. The van der Waals surface area contributed by atoms with Crippen molar-refractivity contribution in [2.45, 2.75) is 19.4 Å². The largest absolute Gasteiger partial charge is 0.348 e. The number of fused-ring (bicyclic) bond motifs is 1. The minimum Gasteiger partial charge on any atom is -0.348 e. The number of hydrogen-bond acceptors (Lipinski definition) is 4. The van der Waals surface area contributed by atoms with Crippen molar-refractivity contribution < 1.29 is 4.79 Å². The van der Waals surface area contributed by atoms with Crippen LogP contribution in [-0.2, 0) is 6.42 Å². The zero-order chi connectivity index (χ0) is 18.8. The first kappa shape index (κ1) is 17.7. The molecule has 4 aromatic rings. The molecule has 1 N–H and O–H groups in total. The van der Waals surface area contributed by atoms with E-state index in [0.717, 1.165) is 28.2 Å². The molecule has 1 atom stereocenters. The molecule has 3 heterocycles. The smallest absolute Gasteiger partial charge is 0.269 e. The molecule has 0 aliphatic carbocycles. The van der Waals surface area contributed by atoms with Gasteiger partial charge in [0.15, 0.2) is 4.96 Å². The van der Waals surface area contributed by atoms with Crippen LogP contribution in [0.5, 0.6) is 0 Å². The SMILES string of the molecule is CC(Cc1ccncc1)NC(=O)c1csc2nc(-c3cccc(Cl)c3)cn12. The molecule has 0 saturated heterocycles. The first-order valence-corrected chi connectivity index (χ1v) is 9.78. The summed E-state index contributed by atoms with van der Waals surface area (Å²) in [5, 5.41) is 5.55. The lowest BCUT2D eigenvalue weighted by molar-refractivity contribution is 0.0934. The predicted octanol–water partition coefficient (Wildman–Crippen LogP) is 4.47. The Labute approximate surface area is 165 Å². The molecule has 0 aliphatic rings. The Balaban J connectivity index is 1.54. The number of rotatable bonds is 5. The second-order valence-corrected chi connectivity index (χ2v) is 7.62. The predicted molar refractivity (Wildman–Crippen MR) is 108 cm³/mol. The molecule has 0 aliphatic heterocycles. The van der Waals surface area contributed by atoms with Crippen LogP contribution < -0.4 is 5.32 Å². The van der Waals surface area contributed by atoms with Gasteiger partial charge in [-0.05, 0) is 43.2 Å². The topological polar surface area (TPSA) is 59.3 Å². The Hall–Kier alpha value is -2.70. The van der Waals surface area contributed by atoms with Gasteiger partial charge in [0.05, 0.1) is 5.69 Å². The van der Waals surface area contributed by atoms with E-state index in [-0.39, 0.29) is 11.9 Å². The van der Waals surface area contributed by atoms with E-state index in [4.69, 9.17) is 11.6 Å². The molecular weight excluding hydrogens is 380 g/mol. The number of thiazole rings is 1. The summed E-state index contributed by atoms with van der Waals surface area (Å²) in [5.41, 5.74) is 3.44. The molecular formula is C20H17ClN4OS. The number of imidazole rings is 1. The van der Waals surface area contributed by atoms with E-state index in [1.165, 1.54) is 11.3 Å². The molecule has 5 nitrogen and oxygen atoms in total. The first-order valence-electron chi connectivity index (χ1n) is 8.52. The van der Waals surface area contributed by atoms with E-state index in [1.807, 2.05) is 59.3 Å².